The number of nitriles is 1. The Morgan fingerprint density at radius 2 is 1.90 bits per heavy atom. The van der Waals surface area contributed by atoms with Crippen LogP contribution in [-0.4, -0.2) is 6.61 Å². The van der Waals surface area contributed by atoms with Crippen LogP contribution in [0, 0.1) is 20.7 Å². The van der Waals surface area contributed by atoms with E-state index in [4.69, 9.17) is 9.47 Å². The van der Waals surface area contributed by atoms with Crippen molar-refractivity contribution in [1.82, 2.24) is 0 Å². The Labute approximate surface area is 197 Å². The van der Waals surface area contributed by atoms with Gasteiger partial charge in [-0.25, -0.2) is 4.39 Å². The van der Waals surface area contributed by atoms with E-state index in [9.17, 15) is 9.65 Å². The molecule has 0 aliphatic heterocycles. The molecule has 0 N–H and O–H groups in total. The fourth-order valence-corrected chi connectivity index (χ4v) is 3.75. The summed E-state index contributed by atoms with van der Waals surface area (Å²) in [5.74, 6) is 0.779. The van der Waals surface area contributed by atoms with Gasteiger partial charge in [0, 0.05) is 3.57 Å². The standard InChI is InChI=1S/C24H18BrFINO2/c1-2-29-23-12-17(10-19(14-28)18-4-3-5-20(26)13-18)11-22(25)24(23)30-15-16-6-8-21(27)9-7-16/h3-13H,2,15H2,1H3/b19-10-. The summed E-state index contributed by atoms with van der Waals surface area (Å²) in [5, 5.41) is 9.55. The number of ether oxygens (including phenoxy) is 2. The normalized spacial score (nSPS) is 11.1. The Hall–Kier alpha value is -2.37. The molecule has 0 amide bonds. The molecule has 3 aromatic carbocycles. The predicted octanol–water partition coefficient (Wildman–Crippen LogP) is 7.23. The van der Waals surface area contributed by atoms with Crippen LogP contribution in [0.3, 0.4) is 0 Å². The van der Waals surface area contributed by atoms with Gasteiger partial charge in [-0.05, 0) is 105 Å². The van der Waals surface area contributed by atoms with Gasteiger partial charge >= 0.3 is 0 Å². The fourth-order valence-electron chi connectivity index (χ4n) is 2.81. The van der Waals surface area contributed by atoms with Crippen LogP contribution < -0.4 is 9.47 Å². The van der Waals surface area contributed by atoms with E-state index >= 15 is 0 Å². The highest BCUT2D eigenvalue weighted by Gasteiger charge is 2.13. The van der Waals surface area contributed by atoms with Crippen LogP contribution in [-0.2, 0) is 6.61 Å². The maximum atomic E-state index is 13.5. The quantitative estimate of drug-likeness (QED) is 0.169. The monoisotopic (exact) mass is 577 g/mol. The fraction of sp³-hybridized carbons (Fsp3) is 0.125. The van der Waals surface area contributed by atoms with Gasteiger partial charge in [-0.3, -0.25) is 0 Å². The molecule has 0 atom stereocenters. The Kier molecular flexibility index (Phi) is 7.88. The van der Waals surface area contributed by atoms with Crippen molar-refractivity contribution in [2.24, 2.45) is 0 Å². The molecule has 0 fully saturated rings. The molecule has 0 bridgehead atoms. The molecule has 0 radical (unpaired) electrons. The van der Waals surface area contributed by atoms with Crippen LogP contribution in [0.2, 0.25) is 0 Å². The van der Waals surface area contributed by atoms with E-state index in [1.807, 2.05) is 43.3 Å². The average Bonchev–Trinajstić information content (AvgIpc) is 2.73. The van der Waals surface area contributed by atoms with E-state index in [0.29, 0.717) is 40.3 Å². The van der Waals surface area contributed by atoms with Gasteiger partial charge in [0.05, 0.1) is 22.7 Å². The third-order valence-electron chi connectivity index (χ3n) is 4.20. The molecule has 6 heteroatoms. The average molecular weight is 578 g/mol. The van der Waals surface area contributed by atoms with Crippen molar-refractivity contribution in [1.29, 1.82) is 5.26 Å². The highest BCUT2D eigenvalue weighted by Crippen LogP contribution is 2.38. The van der Waals surface area contributed by atoms with Crippen LogP contribution in [0.4, 0.5) is 4.39 Å². The number of rotatable bonds is 7. The van der Waals surface area contributed by atoms with E-state index in [1.54, 1.807) is 18.2 Å². The van der Waals surface area contributed by atoms with Gasteiger partial charge in [-0.1, -0.05) is 24.3 Å². The summed E-state index contributed by atoms with van der Waals surface area (Å²) in [6.07, 6.45) is 1.70. The van der Waals surface area contributed by atoms with E-state index in [2.05, 4.69) is 44.6 Å². The summed E-state index contributed by atoms with van der Waals surface area (Å²) in [7, 11) is 0. The number of halogens is 3. The van der Waals surface area contributed by atoms with Crippen molar-refractivity contribution in [2.75, 3.05) is 6.61 Å². The minimum absolute atomic E-state index is 0.358. The lowest BCUT2D eigenvalue weighted by atomic mass is 10.0. The van der Waals surface area contributed by atoms with E-state index in [1.165, 1.54) is 12.1 Å². The highest BCUT2D eigenvalue weighted by atomic mass is 127. The maximum absolute atomic E-state index is 13.5. The number of hydrogen-bond acceptors (Lipinski definition) is 3. The molecular weight excluding hydrogens is 560 g/mol. The first-order chi connectivity index (χ1) is 14.5. The van der Waals surface area contributed by atoms with Crippen LogP contribution in [0.25, 0.3) is 11.6 Å². The third-order valence-corrected chi connectivity index (χ3v) is 5.50. The lowest BCUT2D eigenvalue weighted by Gasteiger charge is -2.15. The summed E-state index contributed by atoms with van der Waals surface area (Å²) >= 11 is 5.82. The van der Waals surface area contributed by atoms with E-state index < -0.39 is 0 Å². The zero-order valence-electron chi connectivity index (χ0n) is 16.2. The van der Waals surface area contributed by atoms with Crippen molar-refractivity contribution in [3.8, 4) is 17.6 Å². The van der Waals surface area contributed by atoms with Gasteiger partial charge in [0.1, 0.15) is 12.4 Å². The lowest BCUT2D eigenvalue weighted by molar-refractivity contribution is 0.267. The molecule has 0 heterocycles. The number of nitrogens with zero attached hydrogens (tertiary/aromatic N) is 1. The van der Waals surface area contributed by atoms with Crippen molar-refractivity contribution < 1.29 is 13.9 Å². The Balaban J connectivity index is 1.92. The Morgan fingerprint density at radius 3 is 2.57 bits per heavy atom. The van der Waals surface area contributed by atoms with Crippen LogP contribution in [0.1, 0.15) is 23.6 Å². The molecule has 0 aliphatic rings. The van der Waals surface area contributed by atoms with Gasteiger partial charge in [0.15, 0.2) is 11.5 Å². The van der Waals surface area contributed by atoms with Gasteiger partial charge in [-0.2, -0.15) is 5.26 Å². The molecule has 3 rings (SSSR count). The summed E-state index contributed by atoms with van der Waals surface area (Å²) in [5.41, 5.74) is 2.67. The van der Waals surface area contributed by atoms with Gasteiger partial charge in [-0.15, -0.1) is 0 Å². The first-order valence-corrected chi connectivity index (χ1v) is 11.1. The number of hydrogen-bond donors (Lipinski definition) is 0. The minimum atomic E-state index is -0.385. The highest BCUT2D eigenvalue weighted by molar-refractivity contribution is 14.1. The largest absolute Gasteiger partial charge is 0.490 e. The predicted molar refractivity (Wildman–Crippen MR) is 129 cm³/mol. The molecule has 0 unspecified atom stereocenters. The molecule has 152 valence electrons. The molecule has 0 aromatic heterocycles. The summed E-state index contributed by atoms with van der Waals surface area (Å²) < 4.78 is 27.2. The number of benzene rings is 3. The van der Waals surface area contributed by atoms with Crippen LogP contribution >= 0.6 is 38.5 Å². The van der Waals surface area contributed by atoms with Gasteiger partial charge in [0.2, 0.25) is 0 Å². The van der Waals surface area contributed by atoms with E-state index in [0.717, 1.165) is 14.7 Å². The maximum Gasteiger partial charge on any atom is 0.175 e. The summed E-state index contributed by atoms with van der Waals surface area (Å²) in [4.78, 5) is 0. The molecular formula is C24H18BrFINO2. The van der Waals surface area contributed by atoms with Crippen molar-refractivity contribution in [3.05, 3.63) is 91.2 Å². The second kappa shape index (κ2) is 10.6. The van der Waals surface area contributed by atoms with Gasteiger partial charge < -0.3 is 9.47 Å². The SMILES string of the molecule is CCOc1cc(/C=C(/C#N)c2cccc(F)c2)cc(Br)c1OCc1ccc(I)cc1. The molecule has 0 spiro atoms. The summed E-state index contributed by atoms with van der Waals surface area (Å²) in [6, 6.07) is 19.9. The van der Waals surface area contributed by atoms with Crippen molar-refractivity contribution in [3.63, 3.8) is 0 Å². The first kappa shape index (κ1) is 22.3. The Morgan fingerprint density at radius 1 is 1.13 bits per heavy atom. The van der Waals surface area contributed by atoms with E-state index in [-0.39, 0.29) is 5.82 Å². The summed E-state index contributed by atoms with van der Waals surface area (Å²) in [6.45, 7) is 2.76. The molecule has 0 saturated heterocycles. The zero-order valence-corrected chi connectivity index (χ0v) is 19.9. The first-order valence-electron chi connectivity index (χ1n) is 9.21. The lowest BCUT2D eigenvalue weighted by Crippen LogP contribution is -2.01. The zero-order chi connectivity index (χ0) is 21.5. The van der Waals surface area contributed by atoms with Crippen molar-refractivity contribution >= 4 is 50.2 Å². The molecule has 30 heavy (non-hydrogen) atoms. The Bertz CT molecular complexity index is 1110. The van der Waals surface area contributed by atoms with Crippen LogP contribution in [0.5, 0.6) is 11.5 Å². The van der Waals surface area contributed by atoms with Gasteiger partial charge in [0.25, 0.3) is 0 Å². The minimum Gasteiger partial charge on any atom is -0.490 e. The smallest absolute Gasteiger partial charge is 0.175 e. The molecule has 0 aliphatic carbocycles. The van der Waals surface area contributed by atoms with Crippen molar-refractivity contribution in [2.45, 2.75) is 13.5 Å². The molecule has 0 saturated carbocycles. The molecule has 3 aromatic rings. The second-order valence-corrected chi connectivity index (χ2v) is 8.46. The third kappa shape index (κ3) is 5.83. The second-order valence-electron chi connectivity index (χ2n) is 6.36. The number of allylic oxidation sites excluding steroid dienone is 1. The van der Waals surface area contributed by atoms with Crippen LogP contribution in [0.15, 0.2) is 65.1 Å². The topological polar surface area (TPSA) is 42.2 Å². The molecule has 3 nitrogen and oxygen atoms in total.